The average molecular weight is 161 g/mol. The smallest absolute Gasteiger partial charge is 0.0181 e. The molecule has 0 amide bonds. The van der Waals surface area contributed by atoms with E-state index in [2.05, 4.69) is 32.3 Å². The average Bonchev–Trinajstić information content (AvgIpc) is 1.99. The Hall–Kier alpha value is 0.310. The summed E-state index contributed by atoms with van der Waals surface area (Å²) in [6.45, 7) is 7.76. The van der Waals surface area contributed by atoms with Crippen LogP contribution in [0.1, 0.15) is 27.2 Å². The van der Waals surface area contributed by atoms with Crippen molar-refractivity contribution in [3.8, 4) is 0 Å². The van der Waals surface area contributed by atoms with Crippen LogP contribution in [-0.2, 0) is 0 Å². The minimum Gasteiger partial charge on any atom is -0.313 e. The third-order valence-electron chi connectivity index (χ3n) is 1.84. The second kappa shape index (κ2) is 6.05. The second-order valence-electron chi connectivity index (χ2n) is 2.51. The molecule has 0 saturated carbocycles. The Balaban J connectivity index is 3.56. The Morgan fingerprint density at radius 2 is 2.00 bits per heavy atom. The predicted octanol–water partition coefficient (Wildman–Crippen LogP) is 2.13. The van der Waals surface area contributed by atoms with E-state index in [-0.39, 0.29) is 0 Å². The zero-order valence-electron chi connectivity index (χ0n) is 7.48. The molecule has 0 spiro atoms. The summed E-state index contributed by atoms with van der Waals surface area (Å²) in [6.07, 6.45) is 3.40. The van der Waals surface area contributed by atoms with Gasteiger partial charge in [-0.3, -0.25) is 0 Å². The van der Waals surface area contributed by atoms with E-state index in [9.17, 15) is 0 Å². The van der Waals surface area contributed by atoms with Gasteiger partial charge in [0.15, 0.2) is 0 Å². The molecule has 2 unspecified atom stereocenters. The molecule has 0 fully saturated rings. The van der Waals surface area contributed by atoms with Crippen LogP contribution in [0.3, 0.4) is 0 Å². The number of nitrogens with one attached hydrogen (secondary N) is 1. The quantitative estimate of drug-likeness (QED) is 0.663. The molecule has 0 rings (SSSR count). The van der Waals surface area contributed by atoms with Gasteiger partial charge in [-0.25, -0.2) is 0 Å². The van der Waals surface area contributed by atoms with Crippen LogP contribution < -0.4 is 5.32 Å². The largest absolute Gasteiger partial charge is 0.313 e. The van der Waals surface area contributed by atoms with Crippen LogP contribution >= 0.6 is 11.8 Å². The first-order valence-corrected chi connectivity index (χ1v) is 5.31. The van der Waals surface area contributed by atoms with Crippen LogP contribution in [0.2, 0.25) is 0 Å². The van der Waals surface area contributed by atoms with Crippen LogP contribution in [-0.4, -0.2) is 24.1 Å². The van der Waals surface area contributed by atoms with E-state index < -0.39 is 0 Å². The zero-order valence-corrected chi connectivity index (χ0v) is 8.29. The van der Waals surface area contributed by atoms with Gasteiger partial charge in [-0.2, -0.15) is 11.8 Å². The number of hydrogen-bond acceptors (Lipinski definition) is 2. The van der Waals surface area contributed by atoms with Crippen molar-refractivity contribution in [2.45, 2.75) is 38.5 Å². The van der Waals surface area contributed by atoms with Crippen LogP contribution in [0.4, 0.5) is 0 Å². The van der Waals surface area contributed by atoms with E-state index in [0.29, 0.717) is 6.04 Å². The van der Waals surface area contributed by atoms with Crippen molar-refractivity contribution in [3.05, 3.63) is 0 Å². The SMILES string of the molecule is CCNC(CC)C(C)SC. The van der Waals surface area contributed by atoms with Crippen molar-refractivity contribution < 1.29 is 0 Å². The second-order valence-corrected chi connectivity index (χ2v) is 3.73. The first kappa shape index (κ1) is 10.3. The fourth-order valence-corrected chi connectivity index (χ4v) is 1.69. The molecule has 62 valence electrons. The first-order valence-electron chi connectivity index (χ1n) is 4.02. The van der Waals surface area contributed by atoms with Crippen LogP contribution in [0.15, 0.2) is 0 Å². The fraction of sp³-hybridized carbons (Fsp3) is 1.00. The Bertz CT molecular complexity index is 75.7. The van der Waals surface area contributed by atoms with Crippen LogP contribution in [0.5, 0.6) is 0 Å². The Morgan fingerprint density at radius 1 is 1.40 bits per heavy atom. The molecule has 0 aromatic heterocycles. The van der Waals surface area contributed by atoms with Gasteiger partial charge >= 0.3 is 0 Å². The van der Waals surface area contributed by atoms with E-state index >= 15 is 0 Å². The molecule has 0 radical (unpaired) electrons. The number of hydrogen-bond donors (Lipinski definition) is 1. The van der Waals surface area contributed by atoms with Crippen molar-refractivity contribution in [1.82, 2.24) is 5.32 Å². The van der Waals surface area contributed by atoms with Gasteiger partial charge < -0.3 is 5.32 Å². The van der Waals surface area contributed by atoms with E-state index in [4.69, 9.17) is 0 Å². The topological polar surface area (TPSA) is 12.0 Å². The van der Waals surface area contributed by atoms with Gasteiger partial charge in [-0.05, 0) is 19.2 Å². The fourth-order valence-electron chi connectivity index (χ4n) is 1.07. The highest BCUT2D eigenvalue weighted by molar-refractivity contribution is 7.99. The van der Waals surface area contributed by atoms with Gasteiger partial charge in [0.25, 0.3) is 0 Å². The summed E-state index contributed by atoms with van der Waals surface area (Å²) in [5.41, 5.74) is 0. The van der Waals surface area contributed by atoms with Gasteiger partial charge in [-0.1, -0.05) is 20.8 Å². The van der Waals surface area contributed by atoms with Crippen molar-refractivity contribution in [2.24, 2.45) is 0 Å². The lowest BCUT2D eigenvalue weighted by Gasteiger charge is -2.21. The van der Waals surface area contributed by atoms with Gasteiger partial charge in [0.05, 0.1) is 0 Å². The maximum atomic E-state index is 3.46. The third-order valence-corrected chi connectivity index (χ3v) is 2.92. The molecule has 0 aliphatic rings. The van der Waals surface area contributed by atoms with E-state index in [0.717, 1.165) is 11.8 Å². The molecule has 0 aliphatic carbocycles. The molecule has 10 heavy (non-hydrogen) atoms. The summed E-state index contributed by atoms with van der Waals surface area (Å²) in [4.78, 5) is 0. The Morgan fingerprint density at radius 3 is 2.30 bits per heavy atom. The summed E-state index contributed by atoms with van der Waals surface area (Å²) >= 11 is 1.93. The molecule has 0 aromatic rings. The standard InChI is InChI=1S/C8H19NS/c1-5-8(9-6-2)7(3)10-4/h7-9H,5-6H2,1-4H3. The monoisotopic (exact) mass is 161 g/mol. The van der Waals surface area contributed by atoms with Gasteiger partial charge in [0, 0.05) is 11.3 Å². The van der Waals surface area contributed by atoms with Crippen molar-refractivity contribution in [3.63, 3.8) is 0 Å². The summed E-state index contributed by atoms with van der Waals surface area (Å²) in [5.74, 6) is 0. The highest BCUT2D eigenvalue weighted by Gasteiger charge is 2.11. The van der Waals surface area contributed by atoms with Crippen molar-refractivity contribution in [2.75, 3.05) is 12.8 Å². The molecule has 0 aliphatic heterocycles. The molecule has 1 nitrogen and oxygen atoms in total. The maximum absolute atomic E-state index is 3.46. The predicted molar refractivity (Wildman–Crippen MR) is 50.7 cm³/mol. The molecule has 0 bridgehead atoms. The molecular formula is C8H19NS. The highest BCUT2D eigenvalue weighted by atomic mass is 32.2. The number of rotatable bonds is 5. The van der Waals surface area contributed by atoms with Gasteiger partial charge in [0.1, 0.15) is 0 Å². The highest BCUT2D eigenvalue weighted by Crippen LogP contribution is 2.12. The normalized spacial score (nSPS) is 16.8. The van der Waals surface area contributed by atoms with Crippen LogP contribution in [0, 0.1) is 0 Å². The molecular weight excluding hydrogens is 142 g/mol. The molecule has 0 heterocycles. The lowest BCUT2D eigenvalue weighted by molar-refractivity contribution is 0.509. The Kier molecular flexibility index (Phi) is 6.24. The van der Waals surface area contributed by atoms with Crippen molar-refractivity contribution in [1.29, 1.82) is 0 Å². The Labute approximate surface area is 69.0 Å². The van der Waals surface area contributed by atoms with E-state index in [1.54, 1.807) is 0 Å². The summed E-state index contributed by atoms with van der Waals surface area (Å²) in [7, 11) is 0. The molecule has 2 atom stereocenters. The minimum atomic E-state index is 0.694. The van der Waals surface area contributed by atoms with E-state index in [1.807, 2.05) is 11.8 Å². The lowest BCUT2D eigenvalue weighted by atomic mass is 10.2. The molecule has 0 saturated heterocycles. The molecule has 1 N–H and O–H groups in total. The van der Waals surface area contributed by atoms with Crippen LogP contribution in [0.25, 0.3) is 0 Å². The third kappa shape index (κ3) is 3.47. The number of thioether (sulfide) groups is 1. The van der Waals surface area contributed by atoms with E-state index in [1.165, 1.54) is 6.42 Å². The zero-order chi connectivity index (χ0) is 7.98. The lowest BCUT2D eigenvalue weighted by Crippen LogP contribution is -2.35. The summed E-state index contributed by atoms with van der Waals surface area (Å²) in [5, 5.41) is 4.20. The van der Waals surface area contributed by atoms with Crippen molar-refractivity contribution >= 4 is 11.8 Å². The maximum Gasteiger partial charge on any atom is 0.0181 e. The van der Waals surface area contributed by atoms with Gasteiger partial charge in [0.2, 0.25) is 0 Å². The minimum absolute atomic E-state index is 0.694. The first-order chi connectivity index (χ1) is 4.76. The molecule has 0 aromatic carbocycles. The molecule has 2 heteroatoms. The summed E-state index contributed by atoms with van der Waals surface area (Å²) in [6, 6.07) is 0.694. The summed E-state index contributed by atoms with van der Waals surface area (Å²) < 4.78 is 0. The van der Waals surface area contributed by atoms with Gasteiger partial charge in [-0.15, -0.1) is 0 Å².